The van der Waals surface area contributed by atoms with Crippen molar-refractivity contribution in [2.45, 2.75) is 6.54 Å². The van der Waals surface area contributed by atoms with Crippen molar-refractivity contribution in [1.29, 1.82) is 0 Å². The molecule has 0 aromatic heterocycles. The topological polar surface area (TPSA) is 40.5 Å². The molecule has 0 radical (unpaired) electrons. The van der Waals surface area contributed by atoms with Gasteiger partial charge in [0.1, 0.15) is 5.82 Å². The van der Waals surface area contributed by atoms with Crippen LogP contribution in [0.15, 0.2) is 24.3 Å². The summed E-state index contributed by atoms with van der Waals surface area (Å²) >= 11 is 0. The molecule has 1 rings (SSSR count). The smallest absolute Gasteiger partial charge is 0.328 e. The monoisotopic (exact) mass is 223 g/mol. The summed E-state index contributed by atoms with van der Waals surface area (Å²) in [6, 6.07) is 4.51. The molecule has 1 aromatic rings. The lowest BCUT2D eigenvalue weighted by Crippen LogP contribution is -2.10. The van der Waals surface area contributed by atoms with Crippen LogP contribution in [0.2, 0.25) is 0 Å². The first-order valence-electron chi connectivity index (χ1n) is 4.82. The molecular weight excluding hydrogens is 209 g/mol. The van der Waals surface area contributed by atoms with Crippen molar-refractivity contribution in [3.8, 4) is 0 Å². The molecule has 0 amide bonds. The third kappa shape index (κ3) is 4.23. The average molecular weight is 223 g/mol. The zero-order valence-electron chi connectivity index (χ0n) is 9.27. The molecule has 0 aliphatic rings. The fourth-order valence-corrected chi connectivity index (χ4v) is 1.40. The molecule has 0 atom stereocenters. The highest BCUT2D eigenvalue weighted by molar-refractivity contribution is 5.85. The van der Waals surface area contributed by atoms with E-state index in [1.165, 1.54) is 18.2 Å². The number of carbonyl (C=O) groups is 1. The van der Waals surface area contributed by atoms with E-state index in [0.717, 1.165) is 11.6 Å². The standard InChI is InChI=1S/C12H14FNO2/c1-14(2)8-10-5-9(3-4-12(15)16)6-11(13)7-10/h3-7H,8H2,1-2H3,(H,15,16). The number of hydrogen-bond acceptors (Lipinski definition) is 2. The van der Waals surface area contributed by atoms with Gasteiger partial charge in [0, 0.05) is 12.6 Å². The number of benzene rings is 1. The molecule has 1 aromatic carbocycles. The van der Waals surface area contributed by atoms with E-state index >= 15 is 0 Å². The number of carboxylic acids is 1. The van der Waals surface area contributed by atoms with Gasteiger partial charge in [0.25, 0.3) is 0 Å². The van der Waals surface area contributed by atoms with Gasteiger partial charge in [-0.2, -0.15) is 0 Å². The Morgan fingerprint density at radius 1 is 1.44 bits per heavy atom. The second-order valence-corrected chi connectivity index (χ2v) is 3.80. The van der Waals surface area contributed by atoms with Crippen LogP contribution in [0.4, 0.5) is 4.39 Å². The van der Waals surface area contributed by atoms with E-state index in [1.807, 2.05) is 19.0 Å². The molecule has 3 nitrogen and oxygen atoms in total. The molecule has 16 heavy (non-hydrogen) atoms. The Morgan fingerprint density at radius 3 is 2.69 bits per heavy atom. The third-order valence-corrected chi connectivity index (χ3v) is 1.90. The van der Waals surface area contributed by atoms with Gasteiger partial charge in [-0.15, -0.1) is 0 Å². The largest absolute Gasteiger partial charge is 0.478 e. The van der Waals surface area contributed by atoms with Gasteiger partial charge < -0.3 is 10.0 Å². The van der Waals surface area contributed by atoms with Crippen molar-refractivity contribution in [3.63, 3.8) is 0 Å². The molecule has 86 valence electrons. The summed E-state index contributed by atoms with van der Waals surface area (Å²) in [5.74, 6) is -1.40. The minimum atomic E-state index is -1.04. The Labute approximate surface area is 93.8 Å². The molecule has 4 heteroatoms. The Kier molecular flexibility index (Phi) is 4.19. The van der Waals surface area contributed by atoms with Crippen LogP contribution in [0, 0.1) is 5.82 Å². The summed E-state index contributed by atoms with van der Waals surface area (Å²) in [6.45, 7) is 0.617. The summed E-state index contributed by atoms with van der Waals surface area (Å²) in [5, 5.41) is 8.47. The third-order valence-electron chi connectivity index (χ3n) is 1.90. The van der Waals surface area contributed by atoms with Gasteiger partial charge in [-0.3, -0.25) is 0 Å². The zero-order chi connectivity index (χ0) is 12.1. The van der Waals surface area contributed by atoms with Gasteiger partial charge in [-0.25, -0.2) is 9.18 Å². The van der Waals surface area contributed by atoms with E-state index in [-0.39, 0.29) is 5.82 Å². The molecule has 0 unspecified atom stereocenters. The van der Waals surface area contributed by atoms with E-state index < -0.39 is 5.97 Å². The van der Waals surface area contributed by atoms with Gasteiger partial charge in [0.2, 0.25) is 0 Å². The van der Waals surface area contributed by atoms with Crippen LogP contribution < -0.4 is 0 Å². The number of hydrogen-bond donors (Lipinski definition) is 1. The van der Waals surface area contributed by atoms with E-state index in [4.69, 9.17) is 5.11 Å². The molecule has 0 spiro atoms. The highest BCUT2D eigenvalue weighted by Gasteiger charge is 2.00. The molecule has 0 saturated heterocycles. The number of carboxylic acid groups (broad SMARTS) is 1. The van der Waals surface area contributed by atoms with E-state index in [1.54, 1.807) is 6.07 Å². The first-order valence-corrected chi connectivity index (χ1v) is 4.82. The van der Waals surface area contributed by atoms with Crippen LogP contribution in [0.3, 0.4) is 0 Å². The van der Waals surface area contributed by atoms with Crippen LogP contribution in [0.25, 0.3) is 6.08 Å². The molecule has 1 N–H and O–H groups in total. The zero-order valence-corrected chi connectivity index (χ0v) is 9.27. The van der Waals surface area contributed by atoms with Gasteiger partial charge in [0.05, 0.1) is 0 Å². The van der Waals surface area contributed by atoms with Crippen molar-refractivity contribution in [1.82, 2.24) is 4.90 Å². The Hall–Kier alpha value is -1.68. The number of halogens is 1. The maximum Gasteiger partial charge on any atom is 0.328 e. The van der Waals surface area contributed by atoms with Crippen molar-refractivity contribution >= 4 is 12.0 Å². The second kappa shape index (κ2) is 5.42. The lowest BCUT2D eigenvalue weighted by Gasteiger charge is -2.10. The molecular formula is C12H14FNO2. The average Bonchev–Trinajstić information content (AvgIpc) is 2.12. The summed E-state index contributed by atoms with van der Waals surface area (Å²) in [5.41, 5.74) is 1.37. The molecule has 0 heterocycles. The first-order chi connectivity index (χ1) is 7.47. The van der Waals surface area contributed by atoms with Crippen LogP contribution >= 0.6 is 0 Å². The van der Waals surface area contributed by atoms with Crippen molar-refractivity contribution in [3.05, 3.63) is 41.2 Å². The van der Waals surface area contributed by atoms with Crippen LogP contribution in [-0.2, 0) is 11.3 Å². The Morgan fingerprint density at radius 2 is 2.12 bits per heavy atom. The van der Waals surface area contributed by atoms with Gasteiger partial charge in [-0.1, -0.05) is 6.07 Å². The SMILES string of the molecule is CN(C)Cc1cc(F)cc(C=CC(=O)O)c1. The summed E-state index contributed by atoms with van der Waals surface area (Å²) in [4.78, 5) is 12.2. The highest BCUT2D eigenvalue weighted by atomic mass is 19.1. The lowest BCUT2D eigenvalue weighted by atomic mass is 10.1. The molecule has 0 aliphatic heterocycles. The van der Waals surface area contributed by atoms with E-state index in [0.29, 0.717) is 12.1 Å². The van der Waals surface area contributed by atoms with Gasteiger partial charge in [-0.05, 0) is 43.4 Å². The van der Waals surface area contributed by atoms with Gasteiger partial charge in [0.15, 0.2) is 0 Å². The van der Waals surface area contributed by atoms with Crippen LogP contribution in [0.1, 0.15) is 11.1 Å². The van der Waals surface area contributed by atoms with Crippen molar-refractivity contribution < 1.29 is 14.3 Å². The fourth-order valence-electron chi connectivity index (χ4n) is 1.40. The van der Waals surface area contributed by atoms with Crippen LogP contribution in [0.5, 0.6) is 0 Å². The maximum absolute atomic E-state index is 13.2. The molecule has 0 saturated carbocycles. The predicted molar refractivity (Wildman–Crippen MR) is 60.5 cm³/mol. The Balaban J connectivity index is 2.93. The normalized spacial score (nSPS) is 11.2. The number of aliphatic carboxylic acids is 1. The van der Waals surface area contributed by atoms with Gasteiger partial charge >= 0.3 is 5.97 Å². The number of rotatable bonds is 4. The highest BCUT2D eigenvalue weighted by Crippen LogP contribution is 2.12. The fraction of sp³-hybridized carbons (Fsp3) is 0.250. The second-order valence-electron chi connectivity index (χ2n) is 3.80. The molecule has 0 fully saturated rings. The summed E-state index contributed by atoms with van der Waals surface area (Å²) in [6.07, 6.45) is 2.37. The maximum atomic E-state index is 13.2. The molecule has 0 bridgehead atoms. The Bertz CT molecular complexity index is 413. The predicted octanol–water partition coefficient (Wildman–Crippen LogP) is 1.99. The number of nitrogens with zero attached hydrogens (tertiary/aromatic N) is 1. The van der Waals surface area contributed by atoms with Crippen LogP contribution in [-0.4, -0.2) is 30.1 Å². The minimum absolute atomic E-state index is 0.357. The van der Waals surface area contributed by atoms with E-state index in [2.05, 4.69) is 0 Å². The summed E-state index contributed by atoms with van der Waals surface area (Å²) in [7, 11) is 3.77. The lowest BCUT2D eigenvalue weighted by molar-refractivity contribution is -0.131. The van der Waals surface area contributed by atoms with Crippen molar-refractivity contribution in [2.24, 2.45) is 0 Å². The van der Waals surface area contributed by atoms with Crippen molar-refractivity contribution in [2.75, 3.05) is 14.1 Å². The summed E-state index contributed by atoms with van der Waals surface area (Å²) < 4.78 is 13.2. The van der Waals surface area contributed by atoms with E-state index in [9.17, 15) is 9.18 Å². The minimum Gasteiger partial charge on any atom is -0.478 e. The first kappa shape index (κ1) is 12.4. The quantitative estimate of drug-likeness (QED) is 0.793. The molecule has 0 aliphatic carbocycles.